The molecular formula is C20H22N4S. The summed E-state index contributed by atoms with van der Waals surface area (Å²) in [6, 6.07) is 8.45. The molecule has 0 saturated carbocycles. The van der Waals surface area contributed by atoms with Gasteiger partial charge in [0.1, 0.15) is 0 Å². The lowest BCUT2D eigenvalue weighted by Gasteiger charge is -2.54. The van der Waals surface area contributed by atoms with Crippen LogP contribution in [0.3, 0.4) is 0 Å². The quantitative estimate of drug-likeness (QED) is 0.590. The molecule has 2 bridgehead atoms. The molecule has 3 aliphatic rings. The fourth-order valence-electron chi connectivity index (χ4n) is 3.79. The Morgan fingerprint density at radius 2 is 1.44 bits per heavy atom. The molecular weight excluding hydrogens is 328 g/mol. The Labute approximate surface area is 154 Å². The van der Waals surface area contributed by atoms with Crippen LogP contribution in [0.15, 0.2) is 23.1 Å². The molecule has 4 nitrogen and oxygen atoms in total. The van der Waals surface area contributed by atoms with Gasteiger partial charge in [0.2, 0.25) is 0 Å². The summed E-state index contributed by atoms with van der Waals surface area (Å²) in [6.07, 6.45) is 5.66. The maximum Gasteiger partial charge on any atom is 0.195 e. The molecule has 2 heterocycles. The zero-order chi connectivity index (χ0) is 19.3. The molecule has 0 fully saturated rings. The van der Waals surface area contributed by atoms with E-state index in [-0.39, 0.29) is 5.41 Å². The fourth-order valence-corrected chi connectivity index (χ4v) is 5.52. The standard InChI is InChI=1S/C20H22N4S/c1-16(2,3)15-9-14-7-8-20(25-15,17(4,5)6)19(12-23,13-24)18(14,10-21)11-22/h7-9,14H,1-6H3/t14-,20+/m1/s1. The number of fused-ring (bicyclic) bond motifs is 2. The topological polar surface area (TPSA) is 95.2 Å². The third-order valence-corrected chi connectivity index (χ3v) is 7.68. The number of nitrogens with zero attached hydrogens (tertiary/aromatic N) is 4. The summed E-state index contributed by atoms with van der Waals surface area (Å²) in [5.41, 5.74) is -4.28. The van der Waals surface area contributed by atoms with E-state index in [0.29, 0.717) is 0 Å². The number of thioether (sulfide) groups is 1. The monoisotopic (exact) mass is 350 g/mol. The number of nitriles is 4. The van der Waals surface area contributed by atoms with Crippen LogP contribution < -0.4 is 0 Å². The van der Waals surface area contributed by atoms with Crippen LogP contribution in [0.2, 0.25) is 0 Å². The number of allylic oxidation sites excluding steroid dienone is 3. The average Bonchev–Trinajstić information content (AvgIpc) is 2.80. The Bertz CT molecular complexity index is 796. The Morgan fingerprint density at radius 1 is 0.920 bits per heavy atom. The summed E-state index contributed by atoms with van der Waals surface area (Å²) >= 11 is 1.47. The highest BCUT2D eigenvalue weighted by atomic mass is 32.2. The predicted molar refractivity (Wildman–Crippen MR) is 97.3 cm³/mol. The third-order valence-electron chi connectivity index (χ3n) is 5.33. The van der Waals surface area contributed by atoms with Gasteiger partial charge < -0.3 is 0 Å². The van der Waals surface area contributed by atoms with Crippen LogP contribution in [0.1, 0.15) is 41.5 Å². The molecule has 5 heteroatoms. The van der Waals surface area contributed by atoms with Crippen molar-refractivity contribution in [3.05, 3.63) is 23.1 Å². The summed E-state index contributed by atoms with van der Waals surface area (Å²) in [7, 11) is 0. The van der Waals surface area contributed by atoms with Crippen molar-refractivity contribution in [1.29, 1.82) is 21.0 Å². The van der Waals surface area contributed by atoms with Gasteiger partial charge in [-0.05, 0) is 15.7 Å². The molecule has 128 valence electrons. The van der Waals surface area contributed by atoms with E-state index in [1.807, 2.05) is 39.0 Å². The van der Waals surface area contributed by atoms with Crippen LogP contribution in [0, 0.1) is 72.9 Å². The lowest BCUT2D eigenvalue weighted by atomic mass is 9.47. The van der Waals surface area contributed by atoms with Gasteiger partial charge >= 0.3 is 0 Å². The molecule has 0 N–H and O–H groups in total. The molecule has 0 aromatic carbocycles. The fraction of sp³-hybridized carbons (Fsp3) is 0.600. The van der Waals surface area contributed by atoms with Crippen molar-refractivity contribution in [1.82, 2.24) is 0 Å². The van der Waals surface area contributed by atoms with Gasteiger partial charge in [0.05, 0.1) is 29.0 Å². The van der Waals surface area contributed by atoms with Crippen molar-refractivity contribution in [2.24, 2.45) is 27.6 Å². The molecule has 0 aromatic heterocycles. The molecule has 0 aromatic rings. The molecule has 0 amide bonds. The van der Waals surface area contributed by atoms with E-state index >= 15 is 0 Å². The molecule has 3 rings (SSSR count). The highest BCUT2D eigenvalue weighted by Crippen LogP contribution is 2.70. The van der Waals surface area contributed by atoms with Gasteiger partial charge in [0.15, 0.2) is 10.8 Å². The summed E-state index contributed by atoms with van der Waals surface area (Å²) in [6.45, 7) is 12.1. The second-order valence-corrected chi connectivity index (χ2v) is 10.0. The van der Waals surface area contributed by atoms with Crippen LogP contribution in [0.25, 0.3) is 0 Å². The van der Waals surface area contributed by atoms with Crippen molar-refractivity contribution in [2.75, 3.05) is 0 Å². The second kappa shape index (κ2) is 5.39. The zero-order valence-corrected chi connectivity index (χ0v) is 16.3. The molecule has 25 heavy (non-hydrogen) atoms. The predicted octanol–water partition coefficient (Wildman–Crippen LogP) is 4.70. The highest BCUT2D eigenvalue weighted by Gasteiger charge is 2.74. The summed E-state index contributed by atoms with van der Waals surface area (Å²) < 4.78 is -1.01. The van der Waals surface area contributed by atoms with E-state index in [0.717, 1.165) is 4.91 Å². The van der Waals surface area contributed by atoms with E-state index in [1.165, 1.54) is 11.8 Å². The first-order valence-electron chi connectivity index (χ1n) is 8.17. The van der Waals surface area contributed by atoms with Crippen LogP contribution in [0.5, 0.6) is 0 Å². The summed E-state index contributed by atoms with van der Waals surface area (Å²) in [4.78, 5) is 1.000. The highest BCUT2D eigenvalue weighted by molar-refractivity contribution is 8.04. The molecule has 0 radical (unpaired) electrons. The van der Waals surface area contributed by atoms with E-state index < -0.39 is 26.9 Å². The molecule has 2 aliphatic heterocycles. The normalized spacial score (nSPS) is 29.4. The third kappa shape index (κ3) is 2.10. The zero-order valence-electron chi connectivity index (χ0n) is 15.5. The Balaban J connectivity index is 3.05. The van der Waals surface area contributed by atoms with Crippen molar-refractivity contribution in [3.63, 3.8) is 0 Å². The van der Waals surface area contributed by atoms with E-state index in [1.54, 1.807) is 0 Å². The minimum Gasteiger partial charge on any atom is -0.196 e. The van der Waals surface area contributed by atoms with Crippen molar-refractivity contribution in [3.8, 4) is 24.3 Å². The summed E-state index contributed by atoms with van der Waals surface area (Å²) in [5, 5.41) is 40.3. The van der Waals surface area contributed by atoms with Gasteiger partial charge in [-0.2, -0.15) is 21.0 Å². The van der Waals surface area contributed by atoms with Gasteiger partial charge in [-0.3, -0.25) is 0 Å². The maximum atomic E-state index is 10.2. The number of hydrogen-bond acceptors (Lipinski definition) is 5. The van der Waals surface area contributed by atoms with Gasteiger partial charge in [-0.25, -0.2) is 0 Å². The smallest absolute Gasteiger partial charge is 0.195 e. The van der Waals surface area contributed by atoms with Crippen LogP contribution in [0.4, 0.5) is 0 Å². The average molecular weight is 350 g/mol. The van der Waals surface area contributed by atoms with Gasteiger partial charge in [-0.15, -0.1) is 11.8 Å². The molecule has 1 aliphatic carbocycles. The minimum atomic E-state index is -1.78. The molecule has 0 saturated heterocycles. The van der Waals surface area contributed by atoms with E-state index in [9.17, 15) is 21.0 Å². The largest absolute Gasteiger partial charge is 0.196 e. The first-order chi connectivity index (χ1) is 11.4. The van der Waals surface area contributed by atoms with E-state index in [2.05, 4.69) is 45.0 Å². The summed E-state index contributed by atoms with van der Waals surface area (Å²) in [5.74, 6) is -0.596. The van der Waals surface area contributed by atoms with Gasteiger partial charge in [-0.1, -0.05) is 59.8 Å². The van der Waals surface area contributed by atoms with Crippen LogP contribution in [-0.4, -0.2) is 4.75 Å². The van der Waals surface area contributed by atoms with Crippen LogP contribution >= 0.6 is 11.8 Å². The Kier molecular flexibility index (Phi) is 4.12. The van der Waals surface area contributed by atoms with E-state index in [4.69, 9.17) is 0 Å². The number of rotatable bonds is 0. The van der Waals surface area contributed by atoms with Crippen molar-refractivity contribution >= 4 is 11.8 Å². The van der Waals surface area contributed by atoms with Crippen LogP contribution in [-0.2, 0) is 0 Å². The first kappa shape index (κ1) is 19.1. The lowest BCUT2D eigenvalue weighted by molar-refractivity contribution is 0.126. The number of hydrogen-bond donors (Lipinski definition) is 0. The molecule has 0 unspecified atom stereocenters. The Hall–Kier alpha value is -2.21. The van der Waals surface area contributed by atoms with Gasteiger partial charge in [0.25, 0.3) is 0 Å². The molecule has 0 spiro atoms. The molecule has 2 atom stereocenters. The maximum absolute atomic E-state index is 10.2. The Morgan fingerprint density at radius 3 is 1.80 bits per heavy atom. The van der Waals surface area contributed by atoms with Crippen molar-refractivity contribution < 1.29 is 0 Å². The SMILES string of the molecule is CC(C)(C)C1=C[C@H]2C=C[C@@](C(C)(C)C)(S1)C(C#N)(C#N)C2(C#N)C#N. The van der Waals surface area contributed by atoms with Gasteiger partial charge in [0, 0.05) is 5.92 Å². The lowest BCUT2D eigenvalue weighted by Crippen LogP contribution is -2.62. The first-order valence-corrected chi connectivity index (χ1v) is 8.99. The van der Waals surface area contributed by atoms with Crippen molar-refractivity contribution in [2.45, 2.75) is 46.3 Å². The second-order valence-electron chi connectivity index (χ2n) is 8.76. The minimum absolute atomic E-state index is 0.219.